The summed E-state index contributed by atoms with van der Waals surface area (Å²) in [5.74, 6) is -0.690. The summed E-state index contributed by atoms with van der Waals surface area (Å²) in [6, 6.07) is 14.4. The normalized spacial score (nSPS) is 10.9. The van der Waals surface area contributed by atoms with Gasteiger partial charge in [0.1, 0.15) is 0 Å². The van der Waals surface area contributed by atoms with Crippen LogP contribution in [0.5, 0.6) is 0 Å². The maximum absolute atomic E-state index is 12.2. The Bertz CT molecular complexity index is 835. The van der Waals surface area contributed by atoms with E-state index in [0.717, 1.165) is 11.1 Å². The zero-order valence-corrected chi connectivity index (χ0v) is 16.8. The van der Waals surface area contributed by atoms with Gasteiger partial charge in [0.2, 0.25) is 11.8 Å². The molecule has 2 aromatic carbocycles. The molecule has 0 unspecified atom stereocenters. The third-order valence-electron chi connectivity index (χ3n) is 4.30. The predicted octanol–water partition coefficient (Wildman–Crippen LogP) is 2.64. The first kappa shape index (κ1) is 21.2. The monoisotopic (exact) mass is 381 g/mol. The highest BCUT2D eigenvalue weighted by atomic mass is 16.2. The Hall–Kier alpha value is -3.15. The minimum absolute atomic E-state index is 0.0186. The Kier molecular flexibility index (Phi) is 6.93. The number of hydrogen-bond donors (Lipinski definition) is 3. The topological polar surface area (TPSA) is 87.3 Å². The van der Waals surface area contributed by atoms with Crippen LogP contribution in [0.4, 0.5) is 5.69 Å². The van der Waals surface area contributed by atoms with Gasteiger partial charge >= 0.3 is 0 Å². The first-order valence-electron chi connectivity index (χ1n) is 9.17. The van der Waals surface area contributed by atoms with Crippen molar-refractivity contribution in [3.8, 4) is 0 Å². The van der Waals surface area contributed by atoms with Gasteiger partial charge in [0.05, 0.1) is 13.0 Å². The molecule has 3 amide bonds. The minimum atomic E-state index is -0.321. The number of nitrogens with one attached hydrogen (secondary N) is 3. The quantitative estimate of drug-likeness (QED) is 0.719. The van der Waals surface area contributed by atoms with Crippen molar-refractivity contribution in [2.24, 2.45) is 0 Å². The van der Waals surface area contributed by atoms with Crippen molar-refractivity contribution in [2.75, 3.05) is 18.9 Å². The lowest BCUT2D eigenvalue weighted by molar-refractivity contribution is -0.120. The van der Waals surface area contributed by atoms with Crippen LogP contribution in [0.15, 0.2) is 48.5 Å². The van der Waals surface area contributed by atoms with Crippen molar-refractivity contribution in [3.05, 3.63) is 65.2 Å². The molecule has 0 atom stereocenters. The van der Waals surface area contributed by atoms with Crippen LogP contribution in [0, 0.1) is 0 Å². The van der Waals surface area contributed by atoms with Crippen molar-refractivity contribution in [3.63, 3.8) is 0 Å². The van der Waals surface area contributed by atoms with Crippen molar-refractivity contribution >= 4 is 23.4 Å². The van der Waals surface area contributed by atoms with E-state index >= 15 is 0 Å². The van der Waals surface area contributed by atoms with Crippen LogP contribution in [0.3, 0.4) is 0 Å². The number of benzene rings is 2. The maximum atomic E-state index is 12.2. The molecule has 0 spiro atoms. The first-order chi connectivity index (χ1) is 13.2. The Morgan fingerprint density at radius 1 is 0.857 bits per heavy atom. The average molecular weight is 381 g/mol. The number of amides is 3. The number of anilines is 1. The molecule has 6 heteroatoms. The van der Waals surface area contributed by atoms with E-state index in [4.69, 9.17) is 0 Å². The van der Waals surface area contributed by atoms with Gasteiger partial charge in [0, 0.05) is 18.3 Å². The summed E-state index contributed by atoms with van der Waals surface area (Å²) in [5.41, 5.74) is 3.13. The molecule has 6 nitrogen and oxygen atoms in total. The van der Waals surface area contributed by atoms with Crippen molar-refractivity contribution in [1.29, 1.82) is 0 Å². The van der Waals surface area contributed by atoms with Gasteiger partial charge in [-0.05, 0) is 40.8 Å². The molecule has 0 aromatic heterocycles. The zero-order chi connectivity index (χ0) is 20.7. The Balaban J connectivity index is 1.85. The lowest BCUT2D eigenvalue weighted by Gasteiger charge is -2.19. The molecule has 0 aliphatic rings. The average Bonchev–Trinajstić information content (AvgIpc) is 2.67. The van der Waals surface area contributed by atoms with E-state index in [1.54, 1.807) is 43.4 Å². The van der Waals surface area contributed by atoms with Gasteiger partial charge in [-0.25, -0.2) is 0 Å². The van der Waals surface area contributed by atoms with Crippen molar-refractivity contribution in [1.82, 2.24) is 10.6 Å². The van der Waals surface area contributed by atoms with Gasteiger partial charge in [-0.3, -0.25) is 14.4 Å². The number of rotatable bonds is 6. The van der Waals surface area contributed by atoms with Gasteiger partial charge in [0.15, 0.2) is 0 Å². The second-order valence-electron chi connectivity index (χ2n) is 7.61. The van der Waals surface area contributed by atoms with E-state index in [0.29, 0.717) is 11.3 Å². The van der Waals surface area contributed by atoms with E-state index in [-0.39, 0.29) is 36.1 Å². The molecule has 2 aromatic rings. The van der Waals surface area contributed by atoms with Gasteiger partial charge < -0.3 is 16.0 Å². The molecule has 3 N–H and O–H groups in total. The highest BCUT2D eigenvalue weighted by molar-refractivity contribution is 5.99. The van der Waals surface area contributed by atoms with E-state index in [1.807, 2.05) is 12.1 Å². The van der Waals surface area contributed by atoms with Crippen LogP contribution in [0.25, 0.3) is 0 Å². The fraction of sp³-hybridized carbons (Fsp3) is 0.318. The summed E-state index contributed by atoms with van der Waals surface area (Å²) in [6.45, 7) is 6.20. The molecular weight excluding hydrogens is 354 g/mol. The highest BCUT2D eigenvalue weighted by Crippen LogP contribution is 2.22. The molecular formula is C22H27N3O3. The summed E-state index contributed by atoms with van der Waals surface area (Å²) >= 11 is 0. The molecule has 0 heterocycles. The number of likely N-dealkylation sites (N-methyl/N-ethyl adjacent to an activating group) is 1. The smallest absolute Gasteiger partial charge is 0.251 e. The summed E-state index contributed by atoms with van der Waals surface area (Å²) in [5, 5.41) is 7.90. The first-order valence-corrected chi connectivity index (χ1v) is 9.17. The third-order valence-corrected chi connectivity index (χ3v) is 4.30. The molecule has 2 rings (SSSR count). The second kappa shape index (κ2) is 9.17. The van der Waals surface area contributed by atoms with Gasteiger partial charge in [-0.15, -0.1) is 0 Å². The summed E-state index contributed by atoms with van der Waals surface area (Å²) < 4.78 is 0. The zero-order valence-electron chi connectivity index (χ0n) is 16.8. The lowest BCUT2D eigenvalue weighted by atomic mass is 9.87. The van der Waals surface area contributed by atoms with E-state index < -0.39 is 0 Å². The molecule has 28 heavy (non-hydrogen) atoms. The predicted molar refractivity (Wildman–Crippen MR) is 110 cm³/mol. The fourth-order valence-electron chi connectivity index (χ4n) is 2.57. The number of hydrogen-bond acceptors (Lipinski definition) is 3. The number of carbonyl (C=O) groups excluding carboxylic acids is 3. The Labute approximate surface area is 165 Å². The van der Waals surface area contributed by atoms with Crippen LogP contribution in [0.2, 0.25) is 0 Å². The van der Waals surface area contributed by atoms with E-state index in [1.165, 1.54) is 0 Å². The Morgan fingerprint density at radius 2 is 1.46 bits per heavy atom. The molecule has 0 saturated carbocycles. The third kappa shape index (κ3) is 6.23. The van der Waals surface area contributed by atoms with Gasteiger partial charge in [-0.1, -0.05) is 45.0 Å². The van der Waals surface area contributed by atoms with Crippen LogP contribution in [-0.2, 0) is 21.4 Å². The fourth-order valence-corrected chi connectivity index (χ4v) is 2.57. The molecule has 0 aliphatic heterocycles. The summed E-state index contributed by atoms with van der Waals surface area (Å²) in [4.78, 5) is 35.6. The van der Waals surface area contributed by atoms with Crippen LogP contribution >= 0.6 is 0 Å². The van der Waals surface area contributed by atoms with Gasteiger partial charge in [0.25, 0.3) is 5.91 Å². The standard InChI is InChI=1S/C22H27N3O3/c1-22(2,3)17-9-7-16(8-10-17)21(28)24-14-20(27)25-18-11-5-15(6-12-18)13-19(26)23-4/h5-12H,13-14H2,1-4H3,(H,23,26)(H,24,28)(H,25,27). The van der Waals surface area contributed by atoms with E-state index in [9.17, 15) is 14.4 Å². The minimum Gasteiger partial charge on any atom is -0.359 e. The summed E-state index contributed by atoms with van der Waals surface area (Å²) in [6.07, 6.45) is 0.286. The highest BCUT2D eigenvalue weighted by Gasteiger charge is 2.14. The Morgan fingerprint density at radius 3 is 2.00 bits per heavy atom. The molecule has 0 fully saturated rings. The van der Waals surface area contributed by atoms with Gasteiger partial charge in [-0.2, -0.15) is 0 Å². The molecule has 0 bridgehead atoms. The summed E-state index contributed by atoms with van der Waals surface area (Å²) in [7, 11) is 1.59. The van der Waals surface area contributed by atoms with E-state index in [2.05, 4.69) is 36.7 Å². The molecule has 0 aliphatic carbocycles. The molecule has 148 valence electrons. The maximum Gasteiger partial charge on any atom is 0.251 e. The van der Waals surface area contributed by atoms with Crippen molar-refractivity contribution in [2.45, 2.75) is 32.6 Å². The van der Waals surface area contributed by atoms with Crippen LogP contribution in [-0.4, -0.2) is 31.3 Å². The SMILES string of the molecule is CNC(=O)Cc1ccc(NC(=O)CNC(=O)c2ccc(C(C)(C)C)cc2)cc1. The molecule has 0 saturated heterocycles. The van der Waals surface area contributed by atoms with Crippen LogP contribution in [0.1, 0.15) is 42.3 Å². The van der Waals surface area contributed by atoms with Crippen molar-refractivity contribution < 1.29 is 14.4 Å². The lowest BCUT2D eigenvalue weighted by Crippen LogP contribution is -2.32. The number of carbonyl (C=O) groups is 3. The largest absolute Gasteiger partial charge is 0.359 e. The second-order valence-corrected chi connectivity index (χ2v) is 7.61. The molecule has 0 radical (unpaired) electrons. The van der Waals surface area contributed by atoms with Crippen LogP contribution < -0.4 is 16.0 Å².